The molecule has 0 N–H and O–H groups in total. The summed E-state index contributed by atoms with van der Waals surface area (Å²) in [6.07, 6.45) is 1.12. The minimum Gasteiger partial charge on any atom is -0.460 e. The van der Waals surface area contributed by atoms with Crippen LogP contribution in [0.5, 0.6) is 0 Å². The molecular weight excluding hydrogens is 182 g/mol. The SMILES string of the molecule is C=C(C)C#N.C=CC(=O)OCCOC. The van der Waals surface area contributed by atoms with Crippen LogP contribution in [-0.4, -0.2) is 26.3 Å². The third-order valence-corrected chi connectivity index (χ3v) is 0.889. The molecule has 0 aromatic heterocycles. The maximum atomic E-state index is 10.3. The smallest absolute Gasteiger partial charge is 0.330 e. The fourth-order valence-electron chi connectivity index (χ4n) is 0.285. The van der Waals surface area contributed by atoms with Gasteiger partial charge in [-0.25, -0.2) is 4.79 Å². The van der Waals surface area contributed by atoms with Crippen molar-refractivity contribution in [3.8, 4) is 6.07 Å². The van der Waals surface area contributed by atoms with Gasteiger partial charge in [-0.2, -0.15) is 5.26 Å². The van der Waals surface area contributed by atoms with Crippen molar-refractivity contribution in [2.75, 3.05) is 20.3 Å². The first kappa shape index (κ1) is 14.9. The number of allylic oxidation sites excluding steroid dienone is 1. The zero-order valence-electron chi connectivity index (χ0n) is 8.58. The van der Waals surface area contributed by atoms with E-state index < -0.39 is 5.97 Å². The van der Waals surface area contributed by atoms with E-state index in [1.54, 1.807) is 14.0 Å². The molecule has 0 aliphatic heterocycles. The van der Waals surface area contributed by atoms with Crippen LogP contribution in [0.4, 0.5) is 0 Å². The van der Waals surface area contributed by atoms with Crippen LogP contribution >= 0.6 is 0 Å². The van der Waals surface area contributed by atoms with Crippen molar-refractivity contribution in [1.29, 1.82) is 5.26 Å². The fourth-order valence-corrected chi connectivity index (χ4v) is 0.285. The van der Waals surface area contributed by atoms with E-state index in [1.165, 1.54) is 0 Å². The molecule has 4 nitrogen and oxygen atoms in total. The van der Waals surface area contributed by atoms with Gasteiger partial charge in [0.05, 0.1) is 12.7 Å². The quantitative estimate of drug-likeness (QED) is 0.296. The number of esters is 1. The van der Waals surface area contributed by atoms with Crippen molar-refractivity contribution < 1.29 is 14.3 Å². The number of nitrogens with zero attached hydrogens (tertiary/aromatic N) is 1. The van der Waals surface area contributed by atoms with E-state index in [2.05, 4.69) is 22.6 Å². The molecule has 0 spiro atoms. The summed E-state index contributed by atoms with van der Waals surface area (Å²) in [6.45, 7) is 8.93. The lowest BCUT2D eigenvalue weighted by Crippen LogP contribution is -2.06. The molecule has 78 valence electrons. The Bertz CT molecular complexity index is 228. The monoisotopic (exact) mass is 197 g/mol. The molecule has 4 heteroatoms. The molecule has 0 unspecified atom stereocenters. The molecule has 0 amide bonds. The minimum atomic E-state index is -0.410. The number of nitriles is 1. The van der Waals surface area contributed by atoms with E-state index >= 15 is 0 Å². The zero-order valence-corrected chi connectivity index (χ0v) is 8.58. The zero-order chi connectivity index (χ0) is 11.4. The van der Waals surface area contributed by atoms with E-state index in [4.69, 9.17) is 5.26 Å². The van der Waals surface area contributed by atoms with E-state index in [0.29, 0.717) is 18.8 Å². The summed E-state index contributed by atoms with van der Waals surface area (Å²) in [6, 6.07) is 1.83. The highest BCUT2D eigenvalue weighted by Crippen LogP contribution is 1.78. The van der Waals surface area contributed by atoms with Gasteiger partial charge in [-0.15, -0.1) is 0 Å². The Morgan fingerprint density at radius 1 is 1.57 bits per heavy atom. The van der Waals surface area contributed by atoms with Gasteiger partial charge in [-0.1, -0.05) is 13.2 Å². The van der Waals surface area contributed by atoms with Gasteiger partial charge in [0, 0.05) is 18.8 Å². The number of hydrogen-bond acceptors (Lipinski definition) is 4. The number of ether oxygens (including phenoxy) is 2. The van der Waals surface area contributed by atoms with Gasteiger partial charge in [0.25, 0.3) is 0 Å². The van der Waals surface area contributed by atoms with Gasteiger partial charge in [0.15, 0.2) is 0 Å². The Kier molecular flexibility index (Phi) is 12.1. The van der Waals surface area contributed by atoms with Crippen LogP contribution < -0.4 is 0 Å². The second-order valence-corrected chi connectivity index (χ2v) is 2.26. The van der Waals surface area contributed by atoms with Gasteiger partial charge < -0.3 is 9.47 Å². The Morgan fingerprint density at radius 2 is 2.07 bits per heavy atom. The Labute approximate surface area is 84.4 Å². The molecule has 14 heavy (non-hydrogen) atoms. The molecule has 0 aliphatic rings. The highest BCUT2D eigenvalue weighted by molar-refractivity contribution is 5.81. The van der Waals surface area contributed by atoms with Gasteiger partial charge in [0.1, 0.15) is 6.61 Å². The first-order valence-electron chi connectivity index (χ1n) is 3.92. The van der Waals surface area contributed by atoms with E-state index in [1.807, 2.05) is 6.07 Å². The average molecular weight is 197 g/mol. The molecule has 0 radical (unpaired) electrons. The van der Waals surface area contributed by atoms with Crippen LogP contribution in [0.2, 0.25) is 0 Å². The Morgan fingerprint density at radius 3 is 2.36 bits per heavy atom. The lowest BCUT2D eigenvalue weighted by atomic mass is 10.4. The summed E-state index contributed by atoms with van der Waals surface area (Å²) < 4.78 is 9.17. The highest BCUT2D eigenvalue weighted by atomic mass is 16.6. The summed E-state index contributed by atoms with van der Waals surface area (Å²) in [5, 5.41) is 7.79. The minimum absolute atomic E-state index is 0.293. The first-order valence-corrected chi connectivity index (χ1v) is 3.92. The van der Waals surface area contributed by atoms with Crippen molar-refractivity contribution in [1.82, 2.24) is 0 Å². The summed E-state index contributed by atoms with van der Waals surface area (Å²) in [4.78, 5) is 10.3. The Balaban J connectivity index is 0. The third kappa shape index (κ3) is 16.8. The molecule has 0 bridgehead atoms. The standard InChI is InChI=1S/C6H10O3.C4H5N/c1-3-6(7)9-5-4-8-2;1-4(2)3-5/h3H,1,4-5H2,2H3;1H2,2H3. The molecular formula is C10H15NO3. The van der Waals surface area contributed by atoms with Gasteiger partial charge in [0.2, 0.25) is 0 Å². The second-order valence-electron chi connectivity index (χ2n) is 2.26. The average Bonchev–Trinajstić information content (AvgIpc) is 2.19. The van der Waals surface area contributed by atoms with Crippen LogP contribution in [0, 0.1) is 11.3 Å². The lowest BCUT2D eigenvalue weighted by molar-refractivity contribution is -0.138. The number of rotatable bonds is 4. The molecule has 0 aromatic carbocycles. The normalized spacial score (nSPS) is 7.50. The number of hydrogen-bond donors (Lipinski definition) is 0. The van der Waals surface area contributed by atoms with Crippen molar-refractivity contribution in [3.63, 3.8) is 0 Å². The summed E-state index contributed by atoms with van der Waals surface area (Å²) in [7, 11) is 1.54. The van der Waals surface area contributed by atoms with Crippen LogP contribution in [-0.2, 0) is 14.3 Å². The molecule has 0 saturated carbocycles. The van der Waals surface area contributed by atoms with Crippen molar-refractivity contribution in [2.24, 2.45) is 0 Å². The topological polar surface area (TPSA) is 59.3 Å². The summed E-state index contributed by atoms with van der Waals surface area (Å²) in [5.41, 5.74) is 0.560. The maximum absolute atomic E-state index is 10.3. The fraction of sp³-hybridized carbons (Fsp3) is 0.400. The van der Waals surface area contributed by atoms with Crippen molar-refractivity contribution in [3.05, 3.63) is 24.8 Å². The number of methoxy groups -OCH3 is 1. The molecule has 0 aliphatic carbocycles. The van der Waals surface area contributed by atoms with Crippen LogP contribution in [0.3, 0.4) is 0 Å². The maximum Gasteiger partial charge on any atom is 0.330 e. The molecule has 0 fully saturated rings. The molecule has 0 atom stereocenters. The molecule has 0 rings (SSSR count). The van der Waals surface area contributed by atoms with E-state index in [0.717, 1.165) is 6.08 Å². The molecule has 0 heterocycles. The van der Waals surface area contributed by atoms with E-state index in [-0.39, 0.29) is 0 Å². The van der Waals surface area contributed by atoms with Gasteiger partial charge in [-0.3, -0.25) is 0 Å². The van der Waals surface area contributed by atoms with Crippen molar-refractivity contribution in [2.45, 2.75) is 6.92 Å². The highest BCUT2D eigenvalue weighted by Gasteiger charge is 1.91. The van der Waals surface area contributed by atoms with Crippen molar-refractivity contribution >= 4 is 5.97 Å². The van der Waals surface area contributed by atoms with Crippen LogP contribution in [0.1, 0.15) is 6.92 Å². The lowest BCUT2D eigenvalue weighted by Gasteiger charge is -1.98. The molecule has 0 aromatic rings. The summed E-state index contributed by atoms with van der Waals surface area (Å²) >= 11 is 0. The van der Waals surface area contributed by atoms with Crippen LogP contribution in [0.15, 0.2) is 24.8 Å². The van der Waals surface area contributed by atoms with Crippen LogP contribution in [0.25, 0.3) is 0 Å². The predicted octanol–water partition coefficient (Wildman–Crippen LogP) is 1.45. The van der Waals surface area contributed by atoms with Gasteiger partial charge in [-0.05, 0) is 6.92 Å². The van der Waals surface area contributed by atoms with Gasteiger partial charge >= 0.3 is 5.97 Å². The second kappa shape index (κ2) is 11.4. The first-order chi connectivity index (χ1) is 6.58. The number of carbonyl (C=O) groups is 1. The predicted molar refractivity (Wildman–Crippen MR) is 53.5 cm³/mol. The summed E-state index contributed by atoms with van der Waals surface area (Å²) in [5.74, 6) is -0.410. The number of carbonyl (C=O) groups excluding carboxylic acids is 1. The Hall–Kier alpha value is -1.60. The largest absolute Gasteiger partial charge is 0.460 e. The third-order valence-electron chi connectivity index (χ3n) is 0.889. The molecule has 0 saturated heterocycles. The van der Waals surface area contributed by atoms with E-state index in [9.17, 15) is 4.79 Å².